The van der Waals surface area contributed by atoms with Crippen LogP contribution in [-0.4, -0.2) is 42.0 Å². The van der Waals surface area contributed by atoms with E-state index in [2.05, 4.69) is 20.6 Å². The normalized spacial score (nSPS) is 13.2. The van der Waals surface area contributed by atoms with Crippen LogP contribution in [0, 0.1) is 20.8 Å². The molecule has 1 aliphatic carbocycles. The van der Waals surface area contributed by atoms with Crippen molar-refractivity contribution in [3.63, 3.8) is 0 Å². The molecule has 2 N–H and O–H groups in total. The maximum absolute atomic E-state index is 13.3. The Morgan fingerprint density at radius 1 is 1.06 bits per heavy atom. The summed E-state index contributed by atoms with van der Waals surface area (Å²) in [6.07, 6.45) is 4.75. The van der Waals surface area contributed by atoms with E-state index in [1.165, 1.54) is 27.6 Å². The third kappa shape index (κ3) is 4.42. The van der Waals surface area contributed by atoms with Gasteiger partial charge in [-0.15, -0.1) is 22.7 Å². The highest BCUT2D eigenvalue weighted by molar-refractivity contribution is 7.21. The Morgan fingerprint density at radius 3 is 2.62 bits per heavy atom. The van der Waals surface area contributed by atoms with Crippen molar-refractivity contribution in [1.29, 1.82) is 0 Å². The summed E-state index contributed by atoms with van der Waals surface area (Å²) in [6.45, 7) is 6.87. The molecule has 4 rings (SSSR count). The third-order valence-corrected chi connectivity index (χ3v) is 8.12. The topological polar surface area (TPSA) is 93.2 Å². The number of ether oxygens (including phenoxy) is 1. The lowest BCUT2D eigenvalue weighted by atomic mass is 9.95. The van der Waals surface area contributed by atoms with Crippen LogP contribution in [0.4, 0.5) is 5.00 Å². The van der Waals surface area contributed by atoms with Gasteiger partial charge in [0.2, 0.25) is 0 Å². The second kappa shape index (κ2) is 9.64. The van der Waals surface area contributed by atoms with E-state index in [1.54, 1.807) is 7.11 Å². The molecule has 3 heterocycles. The molecule has 0 saturated heterocycles. The monoisotopic (exact) mass is 472 g/mol. The van der Waals surface area contributed by atoms with Gasteiger partial charge in [-0.2, -0.15) is 0 Å². The van der Waals surface area contributed by atoms with Gasteiger partial charge in [0.15, 0.2) is 0 Å². The summed E-state index contributed by atoms with van der Waals surface area (Å²) in [5.41, 5.74) is 3.47. The smallest absolute Gasteiger partial charge is 0.266 e. The van der Waals surface area contributed by atoms with Crippen LogP contribution in [0.15, 0.2) is 0 Å². The van der Waals surface area contributed by atoms with Crippen molar-refractivity contribution in [3.05, 3.63) is 38.0 Å². The average Bonchev–Trinajstić information content (AvgIpc) is 3.28. The maximum atomic E-state index is 13.3. The predicted molar refractivity (Wildman–Crippen MR) is 129 cm³/mol. The first-order chi connectivity index (χ1) is 15.4. The fourth-order valence-electron chi connectivity index (χ4n) is 4.25. The minimum Gasteiger partial charge on any atom is -0.385 e. The number of thiophene rings is 2. The zero-order valence-corrected chi connectivity index (χ0v) is 20.5. The first-order valence-corrected chi connectivity index (χ1v) is 12.5. The molecule has 9 heteroatoms. The van der Waals surface area contributed by atoms with Gasteiger partial charge in [-0.05, 0) is 64.0 Å². The van der Waals surface area contributed by atoms with Crippen molar-refractivity contribution in [1.82, 2.24) is 15.3 Å². The van der Waals surface area contributed by atoms with E-state index in [0.717, 1.165) is 59.1 Å². The molecule has 3 aromatic heterocycles. The Balaban J connectivity index is 1.64. The standard InChI is InChI=1S/C23H28N4O3S2/c1-12-17-13(2)25-14(3)26-22(17)32-19(12)21(29)27-23-18(20(28)24-10-7-11-30-4)15-8-5-6-9-16(15)31-23/h5-11H2,1-4H3,(H,24,28)(H,27,29). The Hall–Kier alpha value is -2.36. The Kier molecular flexibility index (Phi) is 6.88. The molecular weight excluding hydrogens is 444 g/mol. The van der Waals surface area contributed by atoms with Crippen molar-refractivity contribution < 1.29 is 14.3 Å². The first kappa shape index (κ1) is 22.8. The molecule has 0 saturated carbocycles. The van der Waals surface area contributed by atoms with E-state index in [1.807, 2.05) is 20.8 Å². The lowest BCUT2D eigenvalue weighted by Crippen LogP contribution is -2.27. The summed E-state index contributed by atoms with van der Waals surface area (Å²) in [7, 11) is 1.65. The van der Waals surface area contributed by atoms with Gasteiger partial charge in [0.1, 0.15) is 15.7 Å². The van der Waals surface area contributed by atoms with Crippen LogP contribution in [0.2, 0.25) is 0 Å². The Morgan fingerprint density at radius 2 is 1.84 bits per heavy atom. The van der Waals surface area contributed by atoms with Crippen LogP contribution in [-0.2, 0) is 17.6 Å². The number of fused-ring (bicyclic) bond motifs is 2. The van der Waals surface area contributed by atoms with Gasteiger partial charge >= 0.3 is 0 Å². The molecule has 0 unspecified atom stereocenters. The van der Waals surface area contributed by atoms with Crippen LogP contribution in [0.1, 0.15) is 66.8 Å². The number of rotatable bonds is 7. The number of hydrogen-bond acceptors (Lipinski definition) is 7. The highest BCUT2D eigenvalue weighted by Crippen LogP contribution is 2.39. The molecule has 0 aromatic carbocycles. The number of methoxy groups -OCH3 is 1. The van der Waals surface area contributed by atoms with Crippen molar-refractivity contribution in [3.8, 4) is 0 Å². The van der Waals surface area contributed by atoms with Crippen LogP contribution in [0.25, 0.3) is 10.2 Å². The molecule has 3 aromatic rings. The van der Waals surface area contributed by atoms with Crippen molar-refractivity contribution >= 4 is 49.7 Å². The van der Waals surface area contributed by atoms with Gasteiger partial charge in [-0.1, -0.05) is 0 Å². The lowest BCUT2D eigenvalue weighted by Gasteiger charge is -2.13. The number of carbonyl (C=O) groups excluding carboxylic acids is 2. The fraction of sp³-hybridized carbons (Fsp3) is 0.478. The minimum atomic E-state index is -0.199. The SMILES string of the molecule is COCCCNC(=O)c1c(NC(=O)c2sc3nc(C)nc(C)c3c2C)sc2c1CCCC2. The lowest BCUT2D eigenvalue weighted by molar-refractivity contribution is 0.0948. The molecule has 0 atom stereocenters. The highest BCUT2D eigenvalue weighted by atomic mass is 32.1. The molecular formula is C23H28N4O3S2. The van der Waals surface area contributed by atoms with Gasteiger partial charge in [0.25, 0.3) is 11.8 Å². The summed E-state index contributed by atoms with van der Waals surface area (Å²) in [6, 6.07) is 0. The van der Waals surface area contributed by atoms with Crippen LogP contribution >= 0.6 is 22.7 Å². The van der Waals surface area contributed by atoms with Gasteiger partial charge in [-0.3, -0.25) is 9.59 Å². The molecule has 0 fully saturated rings. The minimum absolute atomic E-state index is 0.124. The number of amides is 2. The molecule has 0 radical (unpaired) electrons. The summed E-state index contributed by atoms with van der Waals surface area (Å²) >= 11 is 2.91. The Labute approximate surface area is 195 Å². The van der Waals surface area contributed by atoms with Crippen LogP contribution < -0.4 is 10.6 Å². The van der Waals surface area contributed by atoms with Gasteiger partial charge < -0.3 is 15.4 Å². The molecule has 0 bridgehead atoms. The van der Waals surface area contributed by atoms with Gasteiger partial charge in [0, 0.05) is 36.2 Å². The largest absolute Gasteiger partial charge is 0.385 e. The zero-order valence-electron chi connectivity index (χ0n) is 18.9. The maximum Gasteiger partial charge on any atom is 0.266 e. The highest BCUT2D eigenvalue weighted by Gasteiger charge is 2.27. The molecule has 170 valence electrons. The van der Waals surface area contributed by atoms with Crippen molar-refractivity contribution in [2.45, 2.75) is 52.9 Å². The second-order valence-corrected chi connectivity index (χ2v) is 10.2. The fourth-order valence-corrected chi connectivity index (χ4v) is 6.71. The van der Waals surface area contributed by atoms with Crippen molar-refractivity contribution in [2.75, 3.05) is 25.6 Å². The van der Waals surface area contributed by atoms with Crippen LogP contribution in [0.3, 0.4) is 0 Å². The van der Waals surface area contributed by atoms with Gasteiger partial charge in [-0.25, -0.2) is 9.97 Å². The second-order valence-electron chi connectivity index (χ2n) is 8.06. The number of nitrogens with one attached hydrogen (secondary N) is 2. The number of nitrogens with zero attached hydrogens (tertiary/aromatic N) is 2. The van der Waals surface area contributed by atoms with E-state index in [0.29, 0.717) is 34.4 Å². The first-order valence-electron chi connectivity index (χ1n) is 10.9. The molecule has 7 nitrogen and oxygen atoms in total. The van der Waals surface area contributed by atoms with E-state index >= 15 is 0 Å². The summed E-state index contributed by atoms with van der Waals surface area (Å²) < 4.78 is 5.07. The third-order valence-electron chi connectivity index (χ3n) is 5.73. The summed E-state index contributed by atoms with van der Waals surface area (Å²) in [5.74, 6) is 0.373. The number of aryl methyl sites for hydroxylation is 4. The molecule has 2 amide bonds. The predicted octanol–water partition coefficient (Wildman–Crippen LogP) is 4.58. The summed E-state index contributed by atoms with van der Waals surface area (Å²) in [4.78, 5) is 37.9. The average molecular weight is 473 g/mol. The Bertz CT molecular complexity index is 1180. The zero-order chi connectivity index (χ0) is 22.8. The van der Waals surface area contributed by atoms with Crippen molar-refractivity contribution in [2.24, 2.45) is 0 Å². The molecule has 0 aliphatic heterocycles. The van der Waals surface area contributed by atoms with Crippen LogP contribution in [0.5, 0.6) is 0 Å². The summed E-state index contributed by atoms with van der Waals surface area (Å²) in [5, 5.41) is 7.63. The quantitative estimate of drug-likeness (QED) is 0.491. The number of anilines is 1. The molecule has 1 aliphatic rings. The van der Waals surface area contributed by atoms with E-state index in [9.17, 15) is 9.59 Å². The van der Waals surface area contributed by atoms with E-state index in [-0.39, 0.29) is 11.8 Å². The van der Waals surface area contributed by atoms with E-state index < -0.39 is 0 Å². The number of hydrogen-bond donors (Lipinski definition) is 2. The number of carbonyl (C=O) groups is 2. The van der Waals surface area contributed by atoms with E-state index in [4.69, 9.17) is 4.74 Å². The molecule has 32 heavy (non-hydrogen) atoms. The molecule has 0 spiro atoms. The number of aromatic nitrogens is 2. The van der Waals surface area contributed by atoms with Gasteiger partial charge in [0.05, 0.1) is 10.4 Å².